The van der Waals surface area contributed by atoms with Crippen molar-refractivity contribution in [3.8, 4) is 0 Å². The van der Waals surface area contributed by atoms with Gasteiger partial charge in [0.25, 0.3) is 0 Å². The summed E-state index contributed by atoms with van der Waals surface area (Å²) in [6, 6.07) is 9.04. The first kappa shape index (κ1) is 12.7. The summed E-state index contributed by atoms with van der Waals surface area (Å²) in [6.45, 7) is 4.54. The van der Waals surface area contributed by atoms with E-state index < -0.39 is 0 Å². The van der Waals surface area contributed by atoms with Crippen LogP contribution >= 0.6 is 0 Å². The van der Waals surface area contributed by atoms with Crippen LogP contribution in [0.5, 0.6) is 0 Å². The number of rotatable bonds is 2. The fourth-order valence-electron chi connectivity index (χ4n) is 2.79. The monoisotopic (exact) mass is 247 g/mol. The van der Waals surface area contributed by atoms with Crippen LogP contribution in [0.4, 0.5) is 5.69 Å². The van der Waals surface area contributed by atoms with E-state index in [4.69, 9.17) is 10.9 Å². The minimum absolute atomic E-state index is 0.154. The van der Waals surface area contributed by atoms with Gasteiger partial charge in [0.1, 0.15) is 0 Å². The Hall–Kier alpha value is -1.71. The number of nitrogens with two attached hydrogens (primary N) is 1. The molecule has 4 heteroatoms. The number of hydrogen-bond acceptors (Lipinski definition) is 3. The SMILES string of the molecule is CC1CCCC(C)N1c1ccc(/C(N)=N/O)cc1. The average molecular weight is 247 g/mol. The first-order chi connectivity index (χ1) is 8.63. The number of hydrogen-bond donors (Lipinski definition) is 2. The zero-order valence-corrected chi connectivity index (χ0v) is 11.0. The van der Waals surface area contributed by atoms with Crippen LogP contribution < -0.4 is 10.6 Å². The van der Waals surface area contributed by atoms with E-state index in [9.17, 15) is 0 Å². The lowest BCUT2D eigenvalue weighted by Crippen LogP contribution is -2.43. The molecule has 4 nitrogen and oxygen atoms in total. The van der Waals surface area contributed by atoms with Gasteiger partial charge in [-0.15, -0.1) is 0 Å². The van der Waals surface area contributed by atoms with Gasteiger partial charge >= 0.3 is 0 Å². The molecule has 0 aromatic heterocycles. The van der Waals surface area contributed by atoms with Crippen LogP contribution in [0.15, 0.2) is 29.4 Å². The maximum Gasteiger partial charge on any atom is 0.170 e. The van der Waals surface area contributed by atoms with E-state index in [1.165, 1.54) is 24.9 Å². The molecule has 1 fully saturated rings. The number of piperidine rings is 1. The highest BCUT2D eigenvalue weighted by Gasteiger charge is 2.24. The Bertz CT molecular complexity index is 417. The van der Waals surface area contributed by atoms with Crippen molar-refractivity contribution in [1.82, 2.24) is 0 Å². The number of amidine groups is 1. The van der Waals surface area contributed by atoms with Crippen LogP contribution in [0.25, 0.3) is 0 Å². The Morgan fingerprint density at radius 2 is 1.78 bits per heavy atom. The first-order valence-electron chi connectivity index (χ1n) is 6.49. The Morgan fingerprint density at radius 1 is 1.22 bits per heavy atom. The molecular formula is C14H21N3O. The molecule has 0 amide bonds. The molecule has 0 aliphatic carbocycles. The smallest absolute Gasteiger partial charge is 0.170 e. The van der Waals surface area contributed by atoms with Crippen LogP contribution in [-0.4, -0.2) is 23.1 Å². The summed E-state index contributed by atoms with van der Waals surface area (Å²) in [4.78, 5) is 2.46. The third-order valence-corrected chi connectivity index (χ3v) is 3.76. The second-order valence-corrected chi connectivity index (χ2v) is 5.07. The van der Waals surface area contributed by atoms with Gasteiger partial charge in [0.2, 0.25) is 0 Å². The van der Waals surface area contributed by atoms with Gasteiger partial charge in [-0.1, -0.05) is 5.16 Å². The van der Waals surface area contributed by atoms with Gasteiger partial charge in [-0.3, -0.25) is 0 Å². The van der Waals surface area contributed by atoms with Crippen LogP contribution in [0, 0.1) is 0 Å². The molecule has 2 atom stereocenters. The lowest BCUT2D eigenvalue weighted by molar-refractivity contribution is 0.318. The second kappa shape index (κ2) is 5.29. The zero-order chi connectivity index (χ0) is 13.1. The van der Waals surface area contributed by atoms with E-state index in [1.54, 1.807) is 0 Å². The molecule has 0 saturated carbocycles. The van der Waals surface area contributed by atoms with E-state index in [-0.39, 0.29) is 5.84 Å². The molecule has 0 spiro atoms. The summed E-state index contributed by atoms with van der Waals surface area (Å²) in [7, 11) is 0. The van der Waals surface area contributed by atoms with E-state index in [0.29, 0.717) is 12.1 Å². The zero-order valence-electron chi connectivity index (χ0n) is 11.0. The normalized spacial score (nSPS) is 25.2. The summed E-state index contributed by atoms with van der Waals surface area (Å²) >= 11 is 0. The molecule has 2 rings (SSSR count). The average Bonchev–Trinajstić information content (AvgIpc) is 2.38. The fourth-order valence-corrected chi connectivity index (χ4v) is 2.79. The summed E-state index contributed by atoms with van der Waals surface area (Å²) in [6.07, 6.45) is 3.79. The highest BCUT2D eigenvalue weighted by molar-refractivity contribution is 5.97. The van der Waals surface area contributed by atoms with Crippen molar-refractivity contribution in [3.05, 3.63) is 29.8 Å². The van der Waals surface area contributed by atoms with Crippen molar-refractivity contribution in [2.24, 2.45) is 10.9 Å². The van der Waals surface area contributed by atoms with Crippen molar-refractivity contribution in [3.63, 3.8) is 0 Å². The predicted molar refractivity (Wildman–Crippen MR) is 74.2 cm³/mol. The van der Waals surface area contributed by atoms with Crippen LogP contribution in [0.3, 0.4) is 0 Å². The third kappa shape index (κ3) is 2.42. The first-order valence-corrected chi connectivity index (χ1v) is 6.49. The second-order valence-electron chi connectivity index (χ2n) is 5.07. The molecule has 1 aliphatic heterocycles. The van der Waals surface area contributed by atoms with E-state index in [1.807, 2.05) is 24.3 Å². The number of oxime groups is 1. The third-order valence-electron chi connectivity index (χ3n) is 3.76. The Labute approximate surface area is 108 Å². The summed E-state index contributed by atoms with van der Waals surface area (Å²) in [5, 5.41) is 11.7. The topological polar surface area (TPSA) is 61.8 Å². The molecule has 1 heterocycles. The summed E-state index contributed by atoms with van der Waals surface area (Å²) < 4.78 is 0. The molecule has 1 aromatic rings. The lowest BCUT2D eigenvalue weighted by Gasteiger charge is -2.41. The van der Waals surface area contributed by atoms with Gasteiger partial charge in [-0.25, -0.2) is 0 Å². The van der Waals surface area contributed by atoms with Gasteiger partial charge in [0.15, 0.2) is 5.84 Å². The minimum Gasteiger partial charge on any atom is -0.409 e. The van der Waals surface area contributed by atoms with Crippen molar-refractivity contribution in [1.29, 1.82) is 0 Å². The highest BCUT2D eigenvalue weighted by atomic mass is 16.4. The van der Waals surface area contributed by atoms with Crippen LogP contribution in [0.2, 0.25) is 0 Å². The van der Waals surface area contributed by atoms with E-state index >= 15 is 0 Å². The van der Waals surface area contributed by atoms with E-state index in [2.05, 4.69) is 23.9 Å². The molecule has 1 aromatic carbocycles. The van der Waals surface area contributed by atoms with Crippen molar-refractivity contribution >= 4 is 11.5 Å². The fraction of sp³-hybridized carbons (Fsp3) is 0.500. The Kier molecular flexibility index (Phi) is 3.75. The molecule has 0 bridgehead atoms. The molecule has 1 saturated heterocycles. The lowest BCUT2D eigenvalue weighted by atomic mass is 9.96. The van der Waals surface area contributed by atoms with Crippen molar-refractivity contribution in [2.45, 2.75) is 45.2 Å². The maximum atomic E-state index is 8.64. The van der Waals surface area contributed by atoms with Crippen LogP contribution in [0.1, 0.15) is 38.7 Å². The molecule has 98 valence electrons. The molecule has 18 heavy (non-hydrogen) atoms. The predicted octanol–water partition coefficient (Wildman–Crippen LogP) is 2.55. The Balaban J connectivity index is 2.23. The van der Waals surface area contributed by atoms with Gasteiger partial charge in [0.05, 0.1) is 0 Å². The molecule has 3 N–H and O–H groups in total. The van der Waals surface area contributed by atoms with Gasteiger partial charge in [0, 0.05) is 23.3 Å². The minimum atomic E-state index is 0.154. The van der Waals surface area contributed by atoms with Crippen molar-refractivity contribution < 1.29 is 5.21 Å². The largest absolute Gasteiger partial charge is 0.409 e. The number of benzene rings is 1. The van der Waals surface area contributed by atoms with Gasteiger partial charge < -0.3 is 15.8 Å². The van der Waals surface area contributed by atoms with E-state index in [0.717, 1.165) is 5.56 Å². The highest BCUT2D eigenvalue weighted by Crippen LogP contribution is 2.29. The van der Waals surface area contributed by atoms with Gasteiger partial charge in [-0.05, 0) is 57.4 Å². The van der Waals surface area contributed by atoms with Gasteiger partial charge in [-0.2, -0.15) is 0 Å². The quantitative estimate of drug-likeness (QED) is 0.365. The maximum absolute atomic E-state index is 8.64. The molecule has 0 radical (unpaired) electrons. The standard InChI is InChI=1S/C14H21N3O/c1-10-4-3-5-11(2)17(10)13-8-6-12(7-9-13)14(15)16-18/h6-11,18H,3-5H2,1-2H3,(H2,15,16). The molecule has 1 aliphatic rings. The summed E-state index contributed by atoms with van der Waals surface area (Å²) in [5.74, 6) is 0.154. The molecular weight excluding hydrogens is 226 g/mol. The van der Waals surface area contributed by atoms with Crippen LogP contribution in [-0.2, 0) is 0 Å². The number of anilines is 1. The number of nitrogens with zero attached hydrogens (tertiary/aromatic N) is 2. The van der Waals surface area contributed by atoms with Crippen molar-refractivity contribution in [2.75, 3.05) is 4.90 Å². The molecule has 2 unspecified atom stereocenters. The Morgan fingerprint density at radius 3 is 2.28 bits per heavy atom. The summed E-state index contributed by atoms with van der Waals surface area (Å²) in [5.41, 5.74) is 7.52.